The Morgan fingerprint density at radius 2 is 2.33 bits per heavy atom. The van der Waals surface area contributed by atoms with Crippen molar-refractivity contribution in [3.8, 4) is 0 Å². The molecular weight excluding hydrogens is 156 g/mol. The van der Waals surface area contributed by atoms with E-state index in [0.717, 1.165) is 12.8 Å². The maximum Gasteiger partial charge on any atom is 0.315 e. The van der Waals surface area contributed by atoms with Crippen LogP contribution in [0, 0.1) is 0 Å². The van der Waals surface area contributed by atoms with Crippen LogP contribution in [0.3, 0.4) is 0 Å². The highest BCUT2D eigenvalue weighted by molar-refractivity contribution is 5.74. The van der Waals surface area contributed by atoms with Crippen LogP contribution in [0.5, 0.6) is 0 Å². The van der Waals surface area contributed by atoms with Gasteiger partial charge in [-0.05, 0) is 19.3 Å². The quantitative estimate of drug-likeness (QED) is 0.568. The molecule has 4 heteroatoms. The van der Waals surface area contributed by atoms with Gasteiger partial charge in [-0.15, -0.1) is 0 Å². The van der Waals surface area contributed by atoms with Crippen LogP contribution in [-0.2, 0) is 0 Å². The molecule has 0 heterocycles. The molecule has 12 heavy (non-hydrogen) atoms. The van der Waals surface area contributed by atoms with Crippen LogP contribution < -0.4 is 10.6 Å². The number of rotatable bonds is 4. The lowest BCUT2D eigenvalue weighted by atomic mass is 10.3. The van der Waals surface area contributed by atoms with E-state index in [1.807, 2.05) is 6.92 Å². The number of nitrogens with one attached hydrogen (secondary N) is 2. The second kappa shape index (κ2) is 4.30. The molecule has 70 valence electrons. The van der Waals surface area contributed by atoms with E-state index in [1.54, 1.807) is 0 Å². The Balaban J connectivity index is 2.00. The zero-order chi connectivity index (χ0) is 8.97. The fourth-order valence-corrected chi connectivity index (χ4v) is 0.819. The van der Waals surface area contributed by atoms with Gasteiger partial charge in [0.1, 0.15) is 0 Å². The summed E-state index contributed by atoms with van der Waals surface area (Å²) >= 11 is 0. The number of aliphatic hydroxyl groups is 1. The Morgan fingerprint density at radius 3 is 2.83 bits per heavy atom. The van der Waals surface area contributed by atoms with E-state index in [2.05, 4.69) is 10.6 Å². The Hall–Kier alpha value is -0.770. The summed E-state index contributed by atoms with van der Waals surface area (Å²) in [5.74, 6) is 0. The van der Waals surface area contributed by atoms with Crippen molar-refractivity contribution in [2.24, 2.45) is 0 Å². The van der Waals surface area contributed by atoms with Gasteiger partial charge in [0, 0.05) is 12.6 Å². The van der Waals surface area contributed by atoms with E-state index >= 15 is 0 Å². The molecule has 4 nitrogen and oxygen atoms in total. The van der Waals surface area contributed by atoms with Crippen LogP contribution in [-0.4, -0.2) is 29.8 Å². The average Bonchev–Trinajstić information content (AvgIpc) is 2.84. The summed E-state index contributed by atoms with van der Waals surface area (Å²) in [7, 11) is 0. The van der Waals surface area contributed by atoms with Crippen molar-refractivity contribution < 1.29 is 9.90 Å². The summed E-state index contributed by atoms with van der Waals surface area (Å²) in [6.07, 6.45) is 2.42. The van der Waals surface area contributed by atoms with Crippen LogP contribution in [0.1, 0.15) is 26.2 Å². The summed E-state index contributed by atoms with van der Waals surface area (Å²) in [4.78, 5) is 11.0. The maximum atomic E-state index is 11.0. The molecule has 1 fully saturated rings. The molecule has 3 N–H and O–H groups in total. The van der Waals surface area contributed by atoms with Gasteiger partial charge in [-0.1, -0.05) is 6.92 Å². The van der Waals surface area contributed by atoms with E-state index in [-0.39, 0.29) is 6.03 Å². The molecule has 0 spiro atoms. The first-order chi connectivity index (χ1) is 5.72. The van der Waals surface area contributed by atoms with E-state index < -0.39 is 6.10 Å². The van der Waals surface area contributed by atoms with E-state index in [4.69, 9.17) is 5.11 Å². The van der Waals surface area contributed by atoms with Crippen LogP contribution in [0.4, 0.5) is 4.79 Å². The van der Waals surface area contributed by atoms with Gasteiger partial charge in [-0.25, -0.2) is 4.79 Å². The minimum absolute atomic E-state index is 0.162. The molecule has 0 aromatic rings. The molecule has 1 aliphatic carbocycles. The van der Waals surface area contributed by atoms with E-state index in [0.29, 0.717) is 19.0 Å². The van der Waals surface area contributed by atoms with Crippen molar-refractivity contribution >= 4 is 6.03 Å². The molecule has 0 bridgehead atoms. The summed E-state index contributed by atoms with van der Waals surface area (Å²) in [5.41, 5.74) is 0. The highest BCUT2D eigenvalue weighted by Gasteiger charge is 2.22. The zero-order valence-electron chi connectivity index (χ0n) is 7.34. The first-order valence-electron chi connectivity index (χ1n) is 4.44. The molecule has 0 aromatic carbocycles. The number of urea groups is 1. The largest absolute Gasteiger partial charge is 0.391 e. The zero-order valence-corrected chi connectivity index (χ0v) is 7.34. The Bertz CT molecular complexity index is 157. The lowest BCUT2D eigenvalue weighted by molar-refractivity contribution is 0.166. The monoisotopic (exact) mass is 172 g/mol. The topological polar surface area (TPSA) is 61.4 Å². The highest BCUT2D eigenvalue weighted by Crippen LogP contribution is 2.18. The Morgan fingerprint density at radius 1 is 1.67 bits per heavy atom. The number of carbonyl (C=O) groups is 1. The van der Waals surface area contributed by atoms with Crippen molar-refractivity contribution in [3.05, 3.63) is 0 Å². The lowest BCUT2D eigenvalue weighted by Crippen LogP contribution is -2.40. The summed E-state index contributed by atoms with van der Waals surface area (Å²) in [5, 5.41) is 14.5. The van der Waals surface area contributed by atoms with Crippen molar-refractivity contribution in [2.75, 3.05) is 6.54 Å². The van der Waals surface area contributed by atoms with Gasteiger partial charge in [0.25, 0.3) is 0 Å². The maximum absolute atomic E-state index is 11.0. The second-order valence-electron chi connectivity index (χ2n) is 3.19. The molecule has 1 aliphatic rings. The minimum atomic E-state index is -0.421. The second-order valence-corrected chi connectivity index (χ2v) is 3.19. The van der Waals surface area contributed by atoms with Gasteiger partial charge in [-0.3, -0.25) is 0 Å². The fraction of sp³-hybridized carbons (Fsp3) is 0.875. The summed E-state index contributed by atoms with van der Waals surface area (Å²) in [6.45, 7) is 2.22. The molecule has 0 radical (unpaired) electrons. The molecular formula is C8H16N2O2. The molecule has 0 saturated heterocycles. The Labute approximate surface area is 72.3 Å². The Kier molecular flexibility index (Phi) is 3.34. The third kappa shape index (κ3) is 3.57. The van der Waals surface area contributed by atoms with Crippen LogP contribution in [0.15, 0.2) is 0 Å². The van der Waals surface area contributed by atoms with Crippen LogP contribution in [0.2, 0.25) is 0 Å². The molecule has 2 amide bonds. The van der Waals surface area contributed by atoms with Gasteiger partial charge in [-0.2, -0.15) is 0 Å². The summed E-state index contributed by atoms with van der Waals surface area (Å²) in [6, 6.07) is 0.216. The van der Waals surface area contributed by atoms with E-state index in [9.17, 15) is 4.79 Å². The number of hydrogen-bond acceptors (Lipinski definition) is 2. The first-order valence-corrected chi connectivity index (χ1v) is 4.44. The molecule has 1 saturated carbocycles. The van der Waals surface area contributed by atoms with Gasteiger partial charge >= 0.3 is 6.03 Å². The molecule has 0 aliphatic heterocycles. The standard InChI is InChI=1S/C8H16N2O2/c1-2-7(11)5-9-8(12)10-6-3-4-6/h6-7,11H,2-5H2,1H3,(H2,9,10,12). The van der Waals surface area contributed by atoms with Gasteiger partial charge in [0.2, 0.25) is 0 Å². The highest BCUT2D eigenvalue weighted by atomic mass is 16.3. The normalized spacial score (nSPS) is 18.5. The van der Waals surface area contributed by atoms with Crippen LogP contribution >= 0.6 is 0 Å². The first kappa shape index (κ1) is 9.32. The lowest BCUT2D eigenvalue weighted by Gasteiger charge is -2.09. The molecule has 1 unspecified atom stereocenters. The molecule has 1 atom stereocenters. The molecule has 0 aromatic heterocycles. The fourth-order valence-electron chi connectivity index (χ4n) is 0.819. The van der Waals surface area contributed by atoms with Gasteiger partial charge in [0.15, 0.2) is 0 Å². The van der Waals surface area contributed by atoms with Crippen molar-refractivity contribution in [1.29, 1.82) is 0 Å². The van der Waals surface area contributed by atoms with Crippen molar-refractivity contribution in [3.63, 3.8) is 0 Å². The predicted molar refractivity (Wildman–Crippen MR) is 45.9 cm³/mol. The molecule has 1 rings (SSSR count). The third-order valence-corrected chi connectivity index (χ3v) is 1.88. The third-order valence-electron chi connectivity index (χ3n) is 1.88. The average molecular weight is 172 g/mol. The van der Waals surface area contributed by atoms with Crippen molar-refractivity contribution in [1.82, 2.24) is 10.6 Å². The van der Waals surface area contributed by atoms with Crippen LogP contribution in [0.25, 0.3) is 0 Å². The van der Waals surface area contributed by atoms with Gasteiger partial charge in [0.05, 0.1) is 6.10 Å². The number of amides is 2. The van der Waals surface area contributed by atoms with Crippen molar-refractivity contribution in [2.45, 2.75) is 38.3 Å². The summed E-state index contributed by atoms with van der Waals surface area (Å²) < 4.78 is 0. The SMILES string of the molecule is CCC(O)CNC(=O)NC1CC1. The predicted octanol–water partition coefficient (Wildman–Crippen LogP) is 0.219. The number of aliphatic hydroxyl groups excluding tert-OH is 1. The van der Waals surface area contributed by atoms with E-state index in [1.165, 1.54) is 0 Å². The smallest absolute Gasteiger partial charge is 0.315 e. The van der Waals surface area contributed by atoms with Gasteiger partial charge < -0.3 is 15.7 Å². The number of hydrogen-bond donors (Lipinski definition) is 3. The number of carbonyl (C=O) groups excluding carboxylic acids is 1. The minimum Gasteiger partial charge on any atom is -0.391 e.